The molecule has 0 saturated heterocycles. The minimum Gasteiger partial charge on any atom is -0.479 e. The number of carbonyl (C=O) groups is 1. The van der Waals surface area contributed by atoms with Crippen molar-refractivity contribution < 1.29 is 15.0 Å². The fraction of sp³-hybridized carbons (Fsp3) is 0.125. The Hall–Kier alpha value is -1.26. The van der Waals surface area contributed by atoms with E-state index in [4.69, 9.17) is 27.5 Å². The van der Waals surface area contributed by atoms with Gasteiger partial charge in [-0.15, -0.1) is 0 Å². The number of carboxylic acid groups (broad SMARTS) is 1. The molecule has 4 nitrogen and oxygen atoms in total. The summed E-state index contributed by atoms with van der Waals surface area (Å²) in [7, 11) is 0. The van der Waals surface area contributed by atoms with Crippen LogP contribution in [0.5, 0.6) is 0 Å². The summed E-state index contributed by atoms with van der Waals surface area (Å²) in [5.41, 5.74) is 5.97. The second-order valence-corrected chi connectivity index (χ2v) is 2.93. The predicted octanol–water partition coefficient (Wildman–Crippen LogP) is 1.04. The molecule has 0 saturated carbocycles. The van der Waals surface area contributed by atoms with Gasteiger partial charge in [-0.3, -0.25) is 0 Å². The lowest BCUT2D eigenvalue weighted by Gasteiger charge is -2.06. The molecule has 0 radical (unpaired) electrons. The van der Waals surface area contributed by atoms with Crippen molar-refractivity contribution in [3.63, 3.8) is 0 Å². The smallest absolute Gasteiger partial charge is 0.337 e. The maximum absolute atomic E-state index is 10.4. The summed E-state index contributed by atoms with van der Waals surface area (Å²) < 4.78 is 0. The normalized spacial score (nSPS) is 12.5. The average molecular weight is 202 g/mol. The highest BCUT2D eigenvalue weighted by atomic mass is 35.5. The number of aliphatic hydroxyl groups is 1. The molecule has 1 aromatic carbocycles. The van der Waals surface area contributed by atoms with Crippen LogP contribution in [0.25, 0.3) is 0 Å². The van der Waals surface area contributed by atoms with Gasteiger partial charge in [-0.05, 0) is 17.7 Å². The first-order chi connectivity index (χ1) is 6.02. The van der Waals surface area contributed by atoms with E-state index in [1.54, 1.807) is 0 Å². The Morgan fingerprint density at radius 1 is 1.54 bits per heavy atom. The molecule has 0 bridgehead atoms. The van der Waals surface area contributed by atoms with Crippen molar-refractivity contribution in [3.8, 4) is 0 Å². The number of hydrogen-bond acceptors (Lipinski definition) is 3. The van der Waals surface area contributed by atoms with Crippen molar-refractivity contribution in [2.75, 3.05) is 5.73 Å². The molecule has 1 atom stereocenters. The molecule has 0 spiro atoms. The van der Waals surface area contributed by atoms with E-state index < -0.39 is 12.1 Å². The van der Waals surface area contributed by atoms with E-state index in [1.165, 1.54) is 18.2 Å². The Labute approximate surface area is 79.6 Å². The predicted molar refractivity (Wildman–Crippen MR) is 48.5 cm³/mol. The van der Waals surface area contributed by atoms with E-state index in [1.807, 2.05) is 0 Å². The minimum absolute atomic E-state index is 0.215. The first kappa shape index (κ1) is 9.83. The Kier molecular flexibility index (Phi) is 2.75. The summed E-state index contributed by atoms with van der Waals surface area (Å²) in [6.07, 6.45) is -1.56. The highest BCUT2D eigenvalue weighted by molar-refractivity contribution is 6.33. The first-order valence-corrected chi connectivity index (χ1v) is 3.86. The van der Waals surface area contributed by atoms with Gasteiger partial charge in [-0.1, -0.05) is 17.7 Å². The molecule has 0 aliphatic rings. The number of nitrogen functional groups attached to an aromatic ring is 1. The van der Waals surface area contributed by atoms with Crippen LogP contribution in [0, 0.1) is 0 Å². The number of rotatable bonds is 2. The molecule has 0 aliphatic carbocycles. The standard InChI is InChI=1S/C8H8ClNO3/c9-5-3-4(1-2-6(5)10)7(11)8(12)13/h1-3,7,11H,10H2,(H,12,13). The summed E-state index contributed by atoms with van der Waals surface area (Å²) in [6, 6.07) is 4.19. The quantitative estimate of drug-likeness (QED) is 0.625. The van der Waals surface area contributed by atoms with E-state index in [0.717, 1.165) is 0 Å². The molecule has 0 heterocycles. The topological polar surface area (TPSA) is 83.5 Å². The van der Waals surface area contributed by atoms with Crippen LogP contribution >= 0.6 is 11.6 Å². The molecular formula is C8H8ClNO3. The fourth-order valence-electron chi connectivity index (χ4n) is 0.856. The van der Waals surface area contributed by atoms with Gasteiger partial charge >= 0.3 is 5.97 Å². The summed E-state index contributed by atoms with van der Waals surface area (Å²) in [5, 5.41) is 17.8. The van der Waals surface area contributed by atoms with Gasteiger partial charge < -0.3 is 15.9 Å². The van der Waals surface area contributed by atoms with Crippen LogP contribution in [0.4, 0.5) is 5.69 Å². The van der Waals surface area contributed by atoms with E-state index >= 15 is 0 Å². The van der Waals surface area contributed by atoms with Crippen LogP contribution in [-0.4, -0.2) is 16.2 Å². The molecule has 4 N–H and O–H groups in total. The van der Waals surface area contributed by atoms with Gasteiger partial charge in [0.2, 0.25) is 0 Å². The lowest BCUT2D eigenvalue weighted by atomic mass is 10.1. The Bertz CT molecular complexity index is 340. The molecule has 0 amide bonds. The highest BCUT2D eigenvalue weighted by Crippen LogP contribution is 2.23. The van der Waals surface area contributed by atoms with Gasteiger partial charge in [0.1, 0.15) is 0 Å². The number of benzene rings is 1. The third-order valence-electron chi connectivity index (χ3n) is 1.57. The van der Waals surface area contributed by atoms with Crippen molar-refractivity contribution in [1.29, 1.82) is 0 Å². The second-order valence-electron chi connectivity index (χ2n) is 2.52. The molecule has 0 fully saturated rings. The van der Waals surface area contributed by atoms with Crippen molar-refractivity contribution in [3.05, 3.63) is 28.8 Å². The van der Waals surface area contributed by atoms with Gasteiger partial charge in [-0.25, -0.2) is 4.79 Å². The zero-order valence-corrected chi connectivity index (χ0v) is 7.32. The SMILES string of the molecule is Nc1ccc(C(O)C(=O)O)cc1Cl. The monoisotopic (exact) mass is 201 g/mol. The van der Waals surface area contributed by atoms with E-state index in [0.29, 0.717) is 5.69 Å². The lowest BCUT2D eigenvalue weighted by Crippen LogP contribution is -2.10. The highest BCUT2D eigenvalue weighted by Gasteiger charge is 2.16. The number of carboxylic acids is 1. The maximum Gasteiger partial charge on any atom is 0.337 e. The van der Waals surface area contributed by atoms with Crippen LogP contribution in [0.3, 0.4) is 0 Å². The Morgan fingerprint density at radius 3 is 2.62 bits per heavy atom. The third kappa shape index (κ3) is 2.11. The number of anilines is 1. The summed E-state index contributed by atoms with van der Waals surface area (Å²) in [5.74, 6) is -1.32. The van der Waals surface area contributed by atoms with Crippen molar-refractivity contribution in [2.45, 2.75) is 6.10 Å². The van der Waals surface area contributed by atoms with E-state index in [9.17, 15) is 4.79 Å². The van der Waals surface area contributed by atoms with Crippen molar-refractivity contribution in [1.82, 2.24) is 0 Å². The summed E-state index contributed by atoms with van der Waals surface area (Å²) >= 11 is 5.63. The van der Waals surface area contributed by atoms with Gasteiger partial charge in [0, 0.05) is 0 Å². The van der Waals surface area contributed by atoms with Crippen molar-refractivity contribution >= 4 is 23.3 Å². The fourth-order valence-corrected chi connectivity index (χ4v) is 1.05. The number of halogens is 1. The maximum atomic E-state index is 10.4. The van der Waals surface area contributed by atoms with Crippen LogP contribution in [0.2, 0.25) is 5.02 Å². The average Bonchev–Trinajstić information content (AvgIpc) is 2.08. The van der Waals surface area contributed by atoms with Crippen LogP contribution in [0.15, 0.2) is 18.2 Å². The van der Waals surface area contributed by atoms with Gasteiger partial charge in [0.25, 0.3) is 0 Å². The summed E-state index contributed by atoms with van der Waals surface area (Å²) in [4.78, 5) is 10.4. The first-order valence-electron chi connectivity index (χ1n) is 3.48. The molecule has 70 valence electrons. The van der Waals surface area contributed by atoms with Gasteiger partial charge in [-0.2, -0.15) is 0 Å². The molecule has 1 rings (SSSR count). The Balaban J connectivity index is 3.03. The van der Waals surface area contributed by atoms with Gasteiger partial charge in [0.15, 0.2) is 6.10 Å². The molecule has 13 heavy (non-hydrogen) atoms. The molecule has 1 aromatic rings. The third-order valence-corrected chi connectivity index (χ3v) is 1.90. The van der Waals surface area contributed by atoms with Crippen LogP contribution < -0.4 is 5.73 Å². The largest absolute Gasteiger partial charge is 0.479 e. The number of nitrogens with two attached hydrogens (primary N) is 1. The molecule has 0 aliphatic heterocycles. The van der Waals surface area contributed by atoms with Gasteiger partial charge in [0.05, 0.1) is 10.7 Å². The number of aliphatic carboxylic acids is 1. The zero-order valence-electron chi connectivity index (χ0n) is 6.57. The van der Waals surface area contributed by atoms with E-state index in [2.05, 4.69) is 0 Å². The second kappa shape index (κ2) is 3.64. The number of aliphatic hydroxyl groups excluding tert-OH is 1. The minimum atomic E-state index is -1.56. The van der Waals surface area contributed by atoms with Crippen molar-refractivity contribution in [2.24, 2.45) is 0 Å². The Morgan fingerprint density at radius 2 is 2.15 bits per heavy atom. The summed E-state index contributed by atoms with van der Waals surface area (Å²) in [6.45, 7) is 0. The lowest BCUT2D eigenvalue weighted by molar-refractivity contribution is -0.146. The number of hydrogen-bond donors (Lipinski definition) is 3. The molecule has 1 unspecified atom stereocenters. The zero-order chi connectivity index (χ0) is 10.0. The van der Waals surface area contributed by atoms with E-state index in [-0.39, 0.29) is 10.6 Å². The van der Waals surface area contributed by atoms with Crippen LogP contribution in [0.1, 0.15) is 11.7 Å². The molecular weight excluding hydrogens is 194 g/mol. The van der Waals surface area contributed by atoms with Crippen LogP contribution in [-0.2, 0) is 4.79 Å². The molecule has 0 aromatic heterocycles. The molecule has 5 heteroatoms.